The van der Waals surface area contributed by atoms with Gasteiger partial charge in [0.1, 0.15) is 44.1 Å². The van der Waals surface area contributed by atoms with Crippen molar-refractivity contribution in [2.45, 2.75) is 403 Å². The van der Waals surface area contributed by atoms with Crippen molar-refractivity contribution in [3.05, 3.63) is 151 Å². The van der Waals surface area contributed by atoms with Gasteiger partial charge in [0.2, 0.25) is 0 Å². The summed E-state index contributed by atoms with van der Waals surface area (Å²) < 4.78 is 41.8. The number of nitrogens with zero attached hydrogens (tertiary/aromatic N) is 8. The fourth-order valence-corrected chi connectivity index (χ4v) is 31.9. The van der Waals surface area contributed by atoms with Gasteiger partial charge in [-0.2, -0.15) is 35.0 Å². The van der Waals surface area contributed by atoms with Crippen LogP contribution in [0.4, 0.5) is 0 Å². The third-order valence-corrected chi connectivity index (χ3v) is 44.6. The molecule has 0 atom stereocenters. The number of fused-ring (bicyclic) bond motifs is 4. The molecular formula is C107H152Br4N8S9Sn. The van der Waals surface area contributed by atoms with Crippen LogP contribution in [0.5, 0.6) is 0 Å². The summed E-state index contributed by atoms with van der Waals surface area (Å²) in [7, 11) is 0. The molecule has 0 N–H and O–H groups in total. The fraction of sp³-hybridized carbons (Fsp3) is 0.589. The van der Waals surface area contributed by atoms with Crippen LogP contribution in [0.25, 0.3) is 85.9 Å². The number of rotatable bonds is 60. The molecule has 0 fully saturated rings. The number of aryl methyl sites for hydroxylation is 5. The van der Waals surface area contributed by atoms with E-state index in [0.717, 1.165) is 65.9 Å². The Labute approximate surface area is 853 Å². The summed E-state index contributed by atoms with van der Waals surface area (Å²) in [6.45, 7) is 11.5. The van der Waals surface area contributed by atoms with Crippen molar-refractivity contribution in [2.24, 2.45) is 0 Å². The minimum Gasteiger partial charge on any atom is -0.173 e. The Hall–Kier alpha value is -2.62. The smallest absolute Gasteiger partial charge is 0.114 e. The monoisotopic (exact) mass is 2270 g/mol. The van der Waals surface area contributed by atoms with Crippen molar-refractivity contribution >= 4 is 233 Å². The molecule has 0 aliphatic carbocycles. The van der Waals surface area contributed by atoms with E-state index in [4.69, 9.17) is 17.5 Å². The molecule has 4 aromatic carbocycles. The minimum atomic E-state index is -1.79. The molecule has 0 bridgehead atoms. The van der Waals surface area contributed by atoms with E-state index in [-0.39, 0.29) is 0 Å². The molecule has 13 aromatic rings. The summed E-state index contributed by atoms with van der Waals surface area (Å²) in [6, 6.07) is 33.0. The van der Waals surface area contributed by atoms with Crippen molar-refractivity contribution in [3.8, 4) is 41.8 Å². The first kappa shape index (κ1) is 110. The molecule has 0 saturated heterocycles. The number of thiophene rings is 5. The predicted molar refractivity (Wildman–Crippen MR) is 599 cm³/mol. The van der Waals surface area contributed by atoms with E-state index in [9.17, 15) is 0 Å². The molecule has 0 amide bonds. The van der Waals surface area contributed by atoms with E-state index in [1.807, 2.05) is 93.1 Å². The molecule has 22 heteroatoms. The Morgan fingerprint density at radius 2 is 0.496 bits per heavy atom. The third kappa shape index (κ3) is 40.8. The zero-order valence-corrected chi connectivity index (χ0v) is 96.1. The first-order chi connectivity index (χ1) is 63.2. The molecule has 0 radical (unpaired) electrons. The van der Waals surface area contributed by atoms with Crippen LogP contribution in [-0.2, 0) is 32.1 Å². The van der Waals surface area contributed by atoms with Gasteiger partial charge in [0.15, 0.2) is 0 Å². The number of hydrogen-bond acceptors (Lipinski definition) is 17. The quantitative estimate of drug-likeness (QED) is 0.0274. The topological polar surface area (TPSA) is 103 Å². The van der Waals surface area contributed by atoms with E-state index in [1.165, 1.54) is 459 Å². The Kier molecular flexibility index (Phi) is 56.3. The van der Waals surface area contributed by atoms with E-state index >= 15 is 0 Å². The summed E-state index contributed by atoms with van der Waals surface area (Å²) in [5.74, 6) is 0. The maximum atomic E-state index is 4.80. The number of unbranched alkanes of at least 4 members (excludes halogenated alkanes) is 45. The Morgan fingerprint density at radius 1 is 0.248 bits per heavy atom. The molecule has 0 spiro atoms. The SMILES string of the molecule is Brc1ccc(Br)c2nsnc12.CCCCCCCCCCCCc1cc(-c2ccc(-c3cc(CCCCCCCCCCCC)c(Br)s3)c3nsnc23)sc1Br.CCCCCCCCCCCCc1cs[c]([Sn]([CH3])([CH3])[CH3])c1.CCCCCCCCCCCCc1csc(-c2ccc(-c3cc(CCCCCCCCCCCC)cs3)c3nsnc23)c1.c1ccc2nsnc2c1. The minimum absolute atomic E-state index is 0.921. The van der Waals surface area contributed by atoms with Crippen LogP contribution in [-0.4, -0.2) is 53.4 Å². The summed E-state index contributed by atoms with van der Waals surface area (Å²) >= 11 is 27.4. The largest absolute Gasteiger partial charge is 0.173 e. The molecular weight excluding hydrogens is 2120 g/mol. The first-order valence-corrected chi connectivity index (χ1v) is 70.6. The molecule has 129 heavy (non-hydrogen) atoms. The van der Waals surface area contributed by atoms with Crippen molar-refractivity contribution in [2.75, 3.05) is 0 Å². The molecule has 0 unspecified atom stereocenters. The van der Waals surface area contributed by atoms with Gasteiger partial charge in [-0.25, -0.2) is 0 Å². The number of benzene rings is 4. The van der Waals surface area contributed by atoms with Gasteiger partial charge in [-0.15, -0.1) is 45.3 Å². The third-order valence-electron chi connectivity index (χ3n) is 24.6. The zero-order chi connectivity index (χ0) is 91.2. The predicted octanol–water partition coefficient (Wildman–Crippen LogP) is 41.3. The molecule has 0 saturated carbocycles. The number of aromatic nitrogens is 8. The Balaban J connectivity index is 0.000000204. The molecule has 706 valence electrons. The van der Waals surface area contributed by atoms with Crippen LogP contribution < -0.4 is 2.89 Å². The standard InChI is InChI=1S/C38H54Br2N2S3.C38H56N2S3.C16H27S.C6H2Br2N2S.C6H4N2S.3CH3.Sn/c1-3-5-7-9-11-13-15-17-19-21-23-29-27-33(43-37(29)39)31-25-26-32(36-35(31)41-45-42-36)34-28-30(38(40)44-34)24-22-20-18-16-14-12-10-8-6-4-2;1-3-5-7-9-11-13-15-17-19-21-23-31-27-35(41-29-31)33-25-26-34(38-37(33)39-43-40-38)36-28-32(30-42-36)24-22-20-18-16-14-12-10-8-6-4-2;1-2-3-4-5-6-7-8-9-10-11-12-16-13-14-17-15-16;7-3-1-2-4(8)6-5(3)9-11-10-6;1-2-4-6-5(3-1)7-9-8-6;;;;/h25-28H,3-24H2,1-2H3;25-30H,3-24H2,1-2H3;13,15H,2-12H2,1H3;1-2H;1-4H;3*1H3;. The van der Waals surface area contributed by atoms with Crippen LogP contribution in [0.3, 0.4) is 0 Å². The normalized spacial score (nSPS) is 11.6. The van der Waals surface area contributed by atoms with E-state index in [2.05, 4.69) is 201 Å². The summed E-state index contributed by atoms with van der Waals surface area (Å²) in [6.07, 6.45) is 75.8. The van der Waals surface area contributed by atoms with Gasteiger partial charge in [0.25, 0.3) is 0 Å². The van der Waals surface area contributed by atoms with Gasteiger partial charge >= 0.3 is 122 Å². The van der Waals surface area contributed by atoms with Gasteiger partial charge in [-0.3, -0.25) is 0 Å². The molecule has 9 heterocycles. The molecule has 13 rings (SSSR count). The Morgan fingerprint density at radius 3 is 0.783 bits per heavy atom. The maximum Gasteiger partial charge on any atom is 0.114 e. The summed E-state index contributed by atoms with van der Waals surface area (Å²) in [4.78, 5) is 12.8. The molecule has 0 aliphatic heterocycles. The second-order valence-corrected chi connectivity index (χ2v) is 63.4. The average molecular weight is 2280 g/mol. The number of halogens is 4. The molecule has 8 nitrogen and oxygen atoms in total. The fourth-order valence-electron chi connectivity index (χ4n) is 16.7. The van der Waals surface area contributed by atoms with E-state index < -0.39 is 18.4 Å². The van der Waals surface area contributed by atoms with Gasteiger partial charge < -0.3 is 0 Å². The summed E-state index contributed by atoms with van der Waals surface area (Å²) in [5.41, 5.74) is 20.4. The summed E-state index contributed by atoms with van der Waals surface area (Å²) in [5, 5.41) is 7.15. The second kappa shape index (κ2) is 66.0. The van der Waals surface area contributed by atoms with Crippen molar-refractivity contribution in [1.82, 2.24) is 35.0 Å². The van der Waals surface area contributed by atoms with E-state index in [1.54, 1.807) is 8.46 Å². The van der Waals surface area contributed by atoms with Crippen molar-refractivity contribution in [3.63, 3.8) is 0 Å². The second-order valence-electron chi connectivity index (χ2n) is 36.7. The molecule has 0 aliphatic rings. The molecule has 9 aromatic heterocycles. The van der Waals surface area contributed by atoms with Crippen LogP contribution in [0.1, 0.15) is 383 Å². The van der Waals surface area contributed by atoms with Crippen molar-refractivity contribution < 1.29 is 0 Å². The number of hydrogen-bond donors (Lipinski definition) is 0. The van der Waals surface area contributed by atoms with Crippen LogP contribution >= 0.6 is 167 Å². The zero-order valence-electron chi connectivity index (χ0n) is 79.5. The van der Waals surface area contributed by atoms with Gasteiger partial charge in [-0.05, 0) is 197 Å². The first-order valence-electron chi connectivity index (χ1n) is 50.3. The average Bonchev–Trinajstić information content (AvgIpc) is 1.59. The van der Waals surface area contributed by atoms with Crippen molar-refractivity contribution in [1.29, 1.82) is 0 Å². The van der Waals surface area contributed by atoms with Gasteiger partial charge in [0.05, 0.1) is 54.5 Å². The maximum absolute atomic E-state index is 4.80. The Bertz CT molecular complexity index is 4830. The van der Waals surface area contributed by atoms with Crippen LogP contribution in [0, 0.1) is 0 Å². The van der Waals surface area contributed by atoms with Crippen LogP contribution in [0.15, 0.2) is 124 Å². The van der Waals surface area contributed by atoms with E-state index in [0.29, 0.717) is 0 Å². The van der Waals surface area contributed by atoms with Crippen LogP contribution in [0.2, 0.25) is 14.8 Å². The van der Waals surface area contributed by atoms with Gasteiger partial charge in [0, 0.05) is 50.7 Å². The van der Waals surface area contributed by atoms with Gasteiger partial charge in [-0.1, -0.05) is 315 Å².